The summed E-state index contributed by atoms with van der Waals surface area (Å²) in [6.45, 7) is 2.62. The van der Waals surface area contributed by atoms with Crippen molar-refractivity contribution in [2.24, 2.45) is 5.92 Å². The van der Waals surface area contributed by atoms with Crippen molar-refractivity contribution in [1.82, 2.24) is 0 Å². The number of unbranched alkanes of at least 4 members (excludes halogenated alkanes) is 5. The molecule has 0 heterocycles. The van der Waals surface area contributed by atoms with E-state index < -0.39 is 0 Å². The average Bonchev–Trinajstić information content (AvgIpc) is 3.57. The van der Waals surface area contributed by atoms with Crippen molar-refractivity contribution < 1.29 is 9.53 Å². The topological polar surface area (TPSA) is 26.3 Å². The third-order valence-corrected chi connectivity index (χ3v) is 5.94. The molecular weight excluding hydrogens is 356 g/mol. The van der Waals surface area contributed by atoms with E-state index >= 15 is 0 Å². The van der Waals surface area contributed by atoms with Gasteiger partial charge < -0.3 is 4.74 Å². The van der Waals surface area contributed by atoms with Crippen LogP contribution < -0.4 is 0 Å². The number of aryl methyl sites for hydroxylation is 1. The first-order valence-corrected chi connectivity index (χ1v) is 11.6. The minimum absolute atomic E-state index is 0.0688. The minimum atomic E-state index is -0.0688. The van der Waals surface area contributed by atoms with Crippen LogP contribution in [0.3, 0.4) is 0 Å². The number of carbonyl (C=O) groups excluding carboxylic acids is 1. The number of hydrogen-bond acceptors (Lipinski definition) is 2. The molecular formula is C27H36O2. The predicted octanol–water partition coefficient (Wildman–Crippen LogP) is 7.49. The number of hydrogen-bond donors (Lipinski definition) is 0. The van der Waals surface area contributed by atoms with Crippen LogP contribution in [0, 0.1) is 5.92 Å². The predicted molar refractivity (Wildman–Crippen MR) is 123 cm³/mol. The Balaban J connectivity index is 1.52. The molecule has 0 aliphatic heterocycles. The summed E-state index contributed by atoms with van der Waals surface area (Å²) in [6.07, 6.45) is 17.3. The minimum Gasteiger partial charge on any atom is -0.461 e. The van der Waals surface area contributed by atoms with Crippen LogP contribution >= 0.6 is 0 Å². The first kappa shape index (κ1) is 21.6. The highest BCUT2D eigenvalue weighted by molar-refractivity contribution is 5.93. The summed E-state index contributed by atoms with van der Waals surface area (Å²) in [6, 6.07) is 13.1. The van der Waals surface area contributed by atoms with E-state index in [1.807, 2.05) is 6.08 Å². The monoisotopic (exact) mass is 392 g/mol. The smallest absolute Gasteiger partial charge is 0.306 e. The van der Waals surface area contributed by atoms with Crippen LogP contribution in [-0.4, -0.2) is 12.6 Å². The standard InChI is InChI=1S/C27H36O2/c1-2-3-4-5-6-7-11-23-18-19-24(26-14-9-8-13-25(23)26)12-10-21-29-27(28)20-17-22-15-16-22/h8-10,12-14,18-19,22H,2-7,11,15-17,20-21H2,1H3/b12-10+. The molecule has 0 N–H and O–H groups in total. The lowest BCUT2D eigenvalue weighted by molar-refractivity contribution is -0.142. The van der Waals surface area contributed by atoms with E-state index in [2.05, 4.69) is 49.4 Å². The molecule has 3 rings (SSSR count). The van der Waals surface area contributed by atoms with Gasteiger partial charge in [-0.15, -0.1) is 0 Å². The summed E-state index contributed by atoms with van der Waals surface area (Å²) in [5, 5.41) is 2.64. The molecule has 156 valence electrons. The molecule has 1 aliphatic carbocycles. The van der Waals surface area contributed by atoms with Gasteiger partial charge in [-0.05, 0) is 53.2 Å². The maximum absolute atomic E-state index is 11.8. The van der Waals surface area contributed by atoms with E-state index in [9.17, 15) is 4.79 Å². The van der Waals surface area contributed by atoms with Gasteiger partial charge in [0.05, 0.1) is 0 Å². The van der Waals surface area contributed by atoms with Crippen molar-refractivity contribution in [3.8, 4) is 0 Å². The van der Waals surface area contributed by atoms with Gasteiger partial charge in [0.2, 0.25) is 0 Å². The van der Waals surface area contributed by atoms with Crippen LogP contribution in [0.15, 0.2) is 42.5 Å². The Labute approximate surface area is 176 Å². The van der Waals surface area contributed by atoms with E-state index in [0.717, 1.165) is 18.8 Å². The Morgan fingerprint density at radius 1 is 1.00 bits per heavy atom. The first-order chi connectivity index (χ1) is 14.3. The van der Waals surface area contributed by atoms with E-state index in [-0.39, 0.29) is 5.97 Å². The lowest BCUT2D eigenvalue weighted by Gasteiger charge is -2.10. The molecule has 0 aromatic heterocycles. The molecule has 1 saturated carbocycles. The van der Waals surface area contributed by atoms with Crippen LogP contribution in [0.1, 0.15) is 82.3 Å². The largest absolute Gasteiger partial charge is 0.461 e. The van der Waals surface area contributed by atoms with E-state index in [1.165, 1.54) is 73.3 Å². The van der Waals surface area contributed by atoms with Gasteiger partial charge in [-0.3, -0.25) is 4.79 Å². The number of ether oxygens (including phenoxy) is 1. The molecule has 0 spiro atoms. The van der Waals surface area contributed by atoms with Crippen LogP contribution in [0.5, 0.6) is 0 Å². The molecule has 1 fully saturated rings. The van der Waals surface area contributed by atoms with E-state index in [0.29, 0.717) is 13.0 Å². The second kappa shape index (κ2) is 11.8. The number of benzene rings is 2. The Kier molecular flexibility index (Phi) is 8.80. The zero-order chi connectivity index (χ0) is 20.3. The molecule has 1 aliphatic rings. The average molecular weight is 393 g/mol. The van der Waals surface area contributed by atoms with Gasteiger partial charge in [0.15, 0.2) is 0 Å². The Hall–Kier alpha value is -2.09. The number of rotatable bonds is 13. The fourth-order valence-electron chi connectivity index (χ4n) is 3.96. The second-order valence-corrected chi connectivity index (χ2v) is 8.44. The molecule has 29 heavy (non-hydrogen) atoms. The van der Waals surface area contributed by atoms with Gasteiger partial charge >= 0.3 is 5.97 Å². The van der Waals surface area contributed by atoms with Crippen molar-refractivity contribution >= 4 is 22.8 Å². The SMILES string of the molecule is CCCCCCCCc1ccc(/C=C/COC(=O)CCC2CC2)c2ccccc12. The number of esters is 1. The van der Waals surface area contributed by atoms with Gasteiger partial charge in [0.25, 0.3) is 0 Å². The molecule has 2 aromatic rings. The zero-order valence-electron chi connectivity index (χ0n) is 18.0. The quantitative estimate of drug-likeness (QED) is 0.261. The van der Waals surface area contributed by atoms with Gasteiger partial charge in [-0.1, -0.05) is 94.3 Å². The van der Waals surface area contributed by atoms with Crippen molar-refractivity contribution in [2.45, 2.75) is 77.6 Å². The van der Waals surface area contributed by atoms with Gasteiger partial charge in [-0.25, -0.2) is 0 Å². The number of fused-ring (bicyclic) bond motifs is 1. The summed E-state index contributed by atoms with van der Waals surface area (Å²) in [5.74, 6) is 0.708. The summed E-state index contributed by atoms with van der Waals surface area (Å²) in [4.78, 5) is 11.8. The zero-order valence-corrected chi connectivity index (χ0v) is 18.0. The van der Waals surface area contributed by atoms with E-state index in [1.54, 1.807) is 0 Å². The van der Waals surface area contributed by atoms with Gasteiger partial charge in [0, 0.05) is 6.42 Å². The summed E-state index contributed by atoms with van der Waals surface area (Å²) in [5.41, 5.74) is 2.64. The summed E-state index contributed by atoms with van der Waals surface area (Å²) >= 11 is 0. The van der Waals surface area contributed by atoms with Crippen LogP contribution in [-0.2, 0) is 16.0 Å². The molecule has 0 radical (unpaired) electrons. The van der Waals surface area contributed by atoms with Gasteiger partial charge in [-0.2, -0.15) is 0 Å². The fourth-order valence-corrected chi connectivity index (χ4v) is 3.96. The Morgan fingerprint density at radius 3 is 2.55 bits per heavy atom. The van der Waals surface area contributed by atoms with Crippen LogP contribution in [0.25, 0.3) is 16.8 Å². The highest BCUT2D eigenvalue weighted by Crippen LogP contribution is 2.33. The fraction of sp³-hybridized carbons (Fsp3) is 0.519. The Morgan fingerprint density at radius 2 is 1.76 bits per heavy atom. The summed E-state index contributed by atoms with van der Waals surface area (Å²) < 4.78 is 5.35. The van der Waals surface area contributed by atoms with Crippen molar-refractivity contribution in [3.05, 3.63) is 53.6 Å². The normalized spacial score (nSPS) is 14.0. The van der Waals surface area contributed by atoms with E-state index in [4.69, 9.17) is 4.74 Å². The number of carbonyl (C=O) groups is 1. The van der Waals surface area contributed by atoms with Crippen molar-refractivity contribution in [2.75, 3.05) is 6.61 Å². The van der Waals surface area contributed by atoms with Crippen LogP contribution in [0.2, 0.25) is 0 Å². The lowest BCUT2D eigenvalue weighted by atomic mass is 9.95. The molecule has 0 bridgehead atoms. The highest BCUT2D eigenvalue weighted by atomic mass is 16.5. The lowest BCUT2D eigenvalue weighted by Crippen LogP contribution is -2.04. The molecule has 0 amide bonds. The molecule has 2 aromatic carbocycles. The second-order valence-electron chi connectivity index (χ2n) is 8.44. The van der Waals surface area contributed by atoms with Gasteiger partial charge in [0.1, 0.15) is 6.61 Å². The molecule has 2 heteroatoms. The molecule has 0 atom stereocenters. The van der Waals surface area contributed by atoms with Crippen molar-refractivity contribution in [1.29, 1.82) is 0 Å². The third kappa shape index (κ3) is 7.34. The Bertz CT molecular complexity index is 801. The molecule has 0 unspecified atom stereocenters. The van der Waals surface area contributed by atoms with Crippen LogP contribution in [0.4, 0.5) is 0 Å². The molecule has 0 saturated heterocycles. The maximum Gasteiger partial charge on any atom is 0.306 e. The summed E-state index contributed by atoms with van der Waals surface area (Å²) in [7, 11) is 0. The first-order valence-electron chi connectivity index (χ1n) is 11.6. The van der Waals surface area contributed by atoms with Crippen molar-refractivity contribution in [3.63, 3.8) is 0 Å². The highest BCUT2D eigenvalue weighted by Gasteiger charge is 2.22. The maximum atomic E-state index is 11.8. The third-order valence-electron chi connectivity index (χ3n) is 5.94. The molecule has 2 nitrogen and oxygen atoms in total.